The molecule has 0 saturated carbocycles. The summed E-state index contributed by atoms with van der Waals surface area (Å²) in [5.41, 5.74) is 6.98. The van der Waals surface area contributed by atoms with Gasteiger partial charge in [-0.3, -0.25) is 15.0 Å². The summed E-state index contributed by atoms with van der Waals surface area (Å²) < 4.78 is 12.7. The maximum Gasteiger partial charge on any atom is 0.317 e. The van der Waals surface area contributed by atoms with Crippen LogP contribution in [-0.4, -0.2) is 24.2 Å². The fraction of sp³-hybridized carbons (Fsp3) is 0.179. The minimum atomic E-state index is -1.03. The van der Waals surface area contributed by atoms with Gasteiger partial charge in [-0.2, -0.15) is 0 Å². The molecule has 3 N–H and O–H groups in total. The molecule has 0 saturated heterocycles. The van der Waals surface area contributed by atoms with Gasteiger partial charge in [-0.05, 0) is 30.7 Å². The van der Waals surface area contributed by atoms with Gasteiger partial charge in [0.2, 0.25) is 0 Å². The smallest absolute Gasteiger partial charge is 0.317 e. The van der Waals surface area contributed by atoms with Crippen molar-refractivity contribution in [1.82, 2.24) is 0 Å². The summed E-state index contributed by atoms with van der Waals surface area (Å²) in [7, 11) is 0. The number of ketones is 1. The molecule has 3 aromatic carbocycles. The van der Waals surface area contributed by atoms with Gasteiger partial charge < -0.3 is 15.2 Å². The monoisotopic (exact) mass is 486 g/mol. The van der Waals surface area contributed by atoms with E-state index in [1.54, 1.807) is 31.2 Å². The normalized spacial score (nSPS) is 12.6. The van der Waals surface area contributed by atoms with Crippen molar-refractivity contribution in [2.45, 2.75) is 19.4 Å². The third-order valence-electron chi connectivity index (χ3n) is 5.62. The molecule has 0 bridgehead atoms. The summed E-state index contributed by atoms with van der Waals surface area (Å²) in [4.78, 5) is 27.0. The Hall–Kier alpha value is -3.97. The van der Waals surface area contributed by atoms with Gasteiger partial charge in [0.05, 0.1) is 11.5 Å². The van der Waals surface area contributed by atoms with Gasteiger partial charge in [-0.25, -0.2) is 0 Å². The van der Waals surface area contributed by atoms with Crippen molar-refractivity contribution in [3.63, 3.8) is 0 Å². The van der Waals surface area contributed by atoms with Crippen molar-refractivity contribution in [3.8, 4) is 5.75 Å². The summed E-state index contributed by atoms with van der Waals surface area (Å²) in [6.07, 6.45) is -0.485. The summed E-state index contributed by atoms with van der Waals surface area (Å²) in [6.45, 7) is 1.90. The molecule has 2 unspecified atom stereocenters. The van der Waals surface area contributed by atoms with Gasteiger partial charge in [0.25, 0.3) is 0 Å². The van der Waals surface area contributed by atoms with Crippen LogP contribution in [-0.2, 0) is 9.53 Å². The quantitative estimate of drug-likeness (QED) is 0.0976. The summed E-state index contributed by atoms with van der Waals surface area (Å²) in [5.74, 6) is -1.32. The van der Waals surface area contributed by atoms with Crippen molar-refractivity contribution in [2.24, 2.45) is 11.7 Å². The molecule has 4 aromatic rings. The van der Waals surface area contributed by atoms with E-state index in [1.807, 2.05) is 60.7 Å². The Labute approximate surface area is 207 Å². The van der Waals surface area contributed by atoms with Crippen LogP contribution in [0.3, 0.4) is 0 Å². The van der Waals surface area contributed by atoms with E-state index in [4.69, 9.17) is 20.6 Å². The van der Waals surface area contributed by atoms with Gasteiger partial charge >= 0.3 is 5.97 Å². The van der Waals surface area contributed by atoms with E-state index in [9.17, 15) is 9.59 Å². The molecule has 0 amide bonds. The Morgan fingerprint density at radius 2 is 1.66 bits per heavy atom. The SMILES string of the molecule is CCOC(=O)C(CC(Oc1cccc2sc(C(=N)N)cc12)c1ccccc1)C(=O)c1ccccc1. The molecule has 178 valence electrons. The Bertz CT molecular complexity index is 1340. The number of benzene rings is 3. The first kappa shape index (κ1) is 24.2. The maximum absolute atomic E-state index is 13.4. The number of nitrogens with two attached hydrogens (primary N) is 1. The standard InChI is InChI=1S/C28H26N2O4S/c1-2-33-28(32)21(26(31)19-12-7-4-8-13-19)16-23(18-10-5-3-6-11-18)34-22-14-9-15-24-20(22)17-25(35-24)27(29)30/h3-15,17,21,23H,2,16H2,1H3,(H3,29,30). The van der Waals surface area contributed by atoms with Crippen LogP contribution in [0.2, 0.25) is 0 Å². The molecule has 35 heavy (non-hydrogen) atoms. The fourth-order valence-electron chi connectivity index (χ4n) is 3.91. The molecule has 0 spiro atoms. The van der Waals surface area contributed by atoms with E-state index in [1.165, 1.54) is 11.3 Å². The topological polar surface area (TPSA) is 102 Å². The van der Waals surface area contributed by atoms with E-state index >= 15 is 0 Å². The Morgan fingerprint density at radius 1 is 0.971 bits per heavy atom. The Kier molecular flexibility index (Phi) is 7.57. The second-order valence-electron chi connectivity index (χ2n) is 7.98. The number of Topliss-reactive ketones (excluding diaryl/α,β-unsaturated/α-hetero) is 1. The zero-order chi connectivity index (χ0) is 24.8. The third kappa shape index (κ3) is 5.58. The first-order chi connectivity index (χ1) is 17.0. The number of ether oxygens (including phenoxy) is 2. The van der Waals surface area contributed by atoms with Crippen molar-refractivity contribution < 1.29 is 19.1 Å². The lowest BCUT2D eigenvalue weighted by molar-refractivity contribution is -0.147. The lowest BCUT2D eigenvalue weighted by Crippen LogP contribution is -2.29. The first-order valence-corrected chi connectivity index (χ1v) is 12.1. The van der Waals surface area contributed by atoms with E-state index < -0.39 is 18.0 Å². The highest BCUT2D eigenvalue weighted by Gasteiger charge is 2.33. The van der Waals surface area contributed by atoms with Gasteiger partial charge in [0.1, 0.15) is 23.6 Å². The highest BCUT2D eigenvalue weighted by Crippen LogP contribution is 2.37. The van der Waals surface area contributed by atoms with Gasteiger partial charge in [-0.15, -0.1) is 11.3 Å². The number of fused-ring (bicyclic) bond motifs is 1. The molecule has 0 aliphatic carbocycles. The summed E-state index contributed by atoms with van der Waals surface area (Å²) in [6, 6.07) is 25.7. The summed E-state index contributed by atoms with van der Waals surface area (Å²) in [5, 5.41) is 8.61. The molecule has 0 aliphatic heterocycles. The largest absolute Gasteiger partial charge is 0.485 e. The zero-order valence-electron chi connectivity index (χ0n) is 19.3. The minimum absolute atomic E-state index is 0.00686. The van der Waals surface area contributed by atoms with Crippen molar-refractivity contribution >= 4 is 39.0 Å². The number of hydrogen-bond acceptors (Lipinski definition) is 6. The van der Waals surface area contributed by atoms with Crippen LogP contribution in [0, 0.1) is 11.3 Å². The molecular formula is C28H26N2O4S. The highest BCUT2D eigenvalue weighted by molar-refractivity contribution is 7.20. The van der Waals surface area contributed by atoms with Gasteiger partial charge in [0, 0.05) is 22.1 Å². The van der Waals surface area contributed by atoms with E-state index in [0.29, 0.717) is 16.2 Å². The zero-order valence-corrected chi connectivity index (χ0v) is 20.1. The molecule has 1 aromatic heterocycles. The Morgan fingerprint density at radius 3 is 2.31 bits per heavy atom. The second kappa shape index (κ2) is 11.0. The average molecular weight is 487 g/mol. The Balaban J connectivity index is 1.72. The number of carbonyl (C=O) groups is 2. The average Bonchev–Trinajstić information content (AvgIpc) is 3.33. The first-order valence-electron chi connectivity index (χ1n) is 11.3. The van der Waals surface area contributed by atoms with E-state index in [-0.39, 0.29) is 24.6 Å². The number of esters is 1. The lowest BCUT2D eigenvalue weighted by atomic mass is 9.90. The summed E-state index contributed by atoms with van der Waals surface area (Å²) >= 11 is 1.41. The third-order valence-corrected chi connectivity index (χ3v) is 6.76. The molecule has 7 heteroatoms. The van der Waals surface area contributed by atoms with Crippen LogP contribution in [0.4, 0.5) is 0 Å². The second-order valence-corrected chi connectivity index (χ2v) is 9.06. The van der Waals surface area contributed by atoms with Gasteiger partial charge in [0.15, 0.2) is 5.78 Å². The molecule has 0 radical (unpaired) electrons. The molecule has 6 nitrogen and oxygen atoms in total. The van der Waals surface area contributed by atoms with Crippen LogP contribution >= 0.6 is 11.3 Å². The fourth-order valence-corrected chi connectivity index (χ4v) is 4.85. The molecule has 1 heterocycles. The van der Waals surface area contributed by atoms with Crippen LogP contribution in [0.25, 0.3) is 10.1 Å². The number of nitrogen functional groups attached to an aromatic ring is 1. The van der Waals surface area contributed by atoms with Crippen molar-refractivity contribution in [1.29, 1.82) is 5.41 Å². The van der Waals surface area contributed by atoms with Crippen molar-refractivity contribution in [3.05, 3.63) is 101 Å². The van der Waals surface area contributed by atoms with E-state index in [0.717, 1.165) is 15.6 Å². The number of thiophene rings is 1. The van der Waals surface area contributed by atoms with Gasteiger partial charge in [-0.1, -0.05) is 66.7 Å². The molecule has 4 rings (SSSR count). The van der Waals surface area contributed by atoms with Crippen molar-refractivity contribution in [2.75, 3.05) is 6.61 Å². The van der Waals surface area contributed by atoms with E-state index in [2.05, 4.69) is 0 Å². The molecule has 2 atom stereocenters. The van der Waals surface area contributed by atoms with Crippen LogP contribution in [0.1, 0.15) is 40.2 Å². The number of nitrogens with one attached hydrogen (secondary N) is 1. The number of rotatable bonds is 10. The number of hydrogen-bond donors (Lipinski definition) is 2. The van der Waals surface area contributed by atoms with Crippen LogP contribution < -0.4 is 10.5 Å². The van der Waals surface area contributed by atoms with Crippen LogP contribution in [0.5, 0.6) is 5.75 Å². The predicted octanol–water partition coefficient (Wildman–Crippen LogP) is 5.76. The maximum atomic E-state index is 13.4. The number of amidine groups is 1. The minimum Gasteiger partial charge on any atom is -0.485 e. The number of carbonyl (C=O) groups excluding carboxylic acids is 2. The predicted molar refractivity (Wildman–Crippen MR) is 138 cm³/mol. The lowest BCUT2D eigenvalue weighted by Gasteiger charge is -2.24. The molecule has 0 aliphatic rings. The molecular weight excluding hydrogens is 460 g/mol. The molecule has 0 fully saturated rings. The van der Waals surface area contributed by atoms with Crippen LogP contribution in [0.15, 0.2) is 84.9 Å². The highest BCUT2D eigenvalue weighted by atomic mass is 32.1.